The Labute approximate surface area is 120 Å². The van der Waals surface area contributed by atoms with Crippen molar-refractivity contribution in [2.24, 2.45) is 0 Å². The second-order valence-corrected chi connectivity index (χ2v) is 5.88. The number of halogens is 1. The highest BCUT2D eigenvalue weighted by molar-refractivity contribution is 5.33. The molecule has 1 aliphatic heterocycles. The molecule has 0 amide bonds. The first-order chi connectivity index (χ1) is 9.90. The largest absolute Gasteiger partial charge is 0.371 e. The fraction of sp³-hybridized carbons (Fsp3) is 0.647. The second-order valence-electron chi connectivity index (χ2n) is 5.88. The maximum Gasteiger partial charge on any atom is 0.0983 e. The second kappa shape index (κ2) is 6.68. The third-order valence-corrected chi connectivity index (χ3v) is 4.64. The van der Waals surface area contributed by atoms with Crippen molar-refractivity contribution in [3.8, 4) is 0 Å². The molecule has 1 heterocycles. The summed E-state index contributed by atoms with van der Waals surface area (Å²) < 4.78 is 18.2. The standard InChI is InChI=1S/C17H24FNO/c18-10-4-1-5-11-19-12-13-20-17-15-7-3-2-6-14(15)8-9-16(17)19/h2-3,6-7,16-17H,1,4-5,8-13H2. The topological polar surface area (TPSA) is 12.5 Å². The van der Waals surface area contributed by atoms with Crippen LogP contribution in [0.3, 0.4) is 0 Å². The molecule has 0 bridgehead atoms. The summed E-state index contributed by atoms with van der Waals surface area (Å²) in [5.74, 6) is 0. The van der Waals surface area contributed by atoms with E-state index in [2.05, 4.69) is 29.2 Å². The predicted molar refractivity (Wildman–Crippen MR) is 78.6 cm³/mol. The molecule has 110 valence electrons. The Kier molecular flexibility index (Phi) is 4.69. The van der Waals surface area contributed by atoms with Crippen LogP contribution in [0.15, 0.2) is 24.3 Å². The van der Waals surface area contributed by atoms with E-state index in [0.29, 0.717) is 12.5 Å². The van der Waals surface area contributed by atoms with Gasteiger partial charge in [-0.25, -0.2) is 0 Å². The molecule has 1 aromatic carbocycles. The molecule has 2 aliphatic rings. The van der Waals surface area contributed by atoms with E-state index in [9.17, 15) is 4.39 Å². The zero-order valence-electron chi connectivity index (χ0n) is 12.1. The molecule has 20 heavy (non-hydrogen) atoms. The number of alkyl halides is 1. The summed E-state index contributed by atoms with van der Waals surface area (Å²) >= 11 is 0. The molecule has 2 atom stereocenters. The van der Waals surface area contributed by atoms with Crippen LogP contribution < -0.4 is 0 Å². The summed E-state index contributed by atoms with van der Waals surface area (Å²) in [6.07, 6.45) is 5.40. The maximum absolute atomic E-state index is 12.2. The Balaban J connectivity index is 1.66. The molecule has 0 aromatic heterocycles. The number of benzene rings is 1. The van der Waals surface area contributed by atoms with E-state index in [1.807, 2.05) is 0 Å². The quantitative estimate of drug-likeness (QED) is 0.764. The highest BCUT2D eigenvalue weighted by Crippen LogP contribution is 2.37. The van der Waals surface area contributed by atoms with Gasteiger partial charge in [-0.3, -0.25) is 9.29 Å². The molecular formula is C17H24FNO. The van der Waals surface area contributed by atoms with Gasteiger partial charge in [0.2, 0.25) is 0 Å². The Morgan fingerprint density at radius 2 is 2.10 bits per heavy atom. The molecule has 1 fully saturated rings. The van der Waals surface area contributed by atoms with E-state index in [-0.39, 0.29) is 12.8 Å². The van der Waals surface area contributed by atoms with Crippen LogP contribution in [0.1, 0.15) is 42.9 Å². The zero-order chi connectivity index (χ0) is 13.8. The lowest BCUT2D eigenvalue weighted by molar-refractivity contribution is -0.0806. The van der Waals surface area contributed by atoms with Gasteiger partial charge in [-0.15, -0.1) is 0 Å². The highest BCUT2D eigenvalue weighted by Gasteiger charge is 2.36. The summed E-state index contributed by atoms with van der Waals surface area (Å²) in [6, 6.07) is 9.21. The van der Waals surface area contributed by atoms with Gasteiger partial charge in [0.1, 0.15) is 0 Å². The first-order valence-corrected chi connectivity index (χ1v) is 7.89. The highest BCUT2D eigenvalue weighted by atomic mass is 19.1. The van der Waals surface area contributed by atoms with Crippen molar-refractivity contribution in [3.05, 3.63) is 35.4 Å². The lowest BCUT2D eigenvalue weighted by atomic mass is 9.84. The Morgan fingerprint density at radius 3 is 3.00 bits per heavy atom. The summed E-state index contributed by atoms with van der Waals surface area (Å²) in [6.45, 7) is 2.76. The maximum atomic E-state index is 12.2. The van der Waals surface area contributed by atoms with Gasteiger partial charge in [0.25, 0.3) is 0 Å². The minimum atomic E-state index is -0.178. The minimum Gasteiger partial charge on any atom is -0.371 e. The zero-order valence-corrected chi connectivity index (χ0v) is 12.1. The minimum absolute atomic E-state index is 0.178. The van der Waals surface area contributed by atoms with Crippen molar-refractivity contribution in [2.75, 3.05) is 26.4 Å². The monoisotopic (exact) mass is 277 g/mol. The molecule has 2 nitrogen and oxygen atoms in total. The van der Waals surface area contributed by atoms with Crippen molar-refractivity contribution in [1.29, 1.82) is 0 Å². The lowest BCUT2D eigenvalue weighted by Gasteiger charge is -2.44. The SMILES string of the molecule is FCCCCCN1CCOC2c3ccccc3CCC21. The normalized spacial score (nSPS) is 26.1. The molecule has 1 saturated heterocycles. The van der Waals surface area contributed by atoms with Crippen molar-refractivity contribution in [1.82, 2.24) is 4.90 Å². The van der Waals surface area contributed by atoms with Crippen molar-refractivity contribution < 1.29 is 9.13 Å². The van der Waals surface area contributed by atoms with Crippen molar-refractivity contribution in [3.63, 3.8) is 0 Å². The fourth-order valence-corrected chi connectivity index (χ4v) is 3.60. The van der Waals surface area contributed by atoms with Gasteiger partial charge >= 0.3 is 0 Å². The van der Waals surface area contributed by atoms with Gasteiger partial charge in [0.15, 0.2) is 0 Å². The van der Waals surface area contributed by atoms with Gasteiger partial charge in [-0.2, -0.15) is 0 Å². The third-order valence-electron chi connectivity index (χ3n) is 4.64. The fourth-order valence-electron chi connectivity index (χ4n) is 3.60. The Morgan fingerprint density at radius 1 is 1.20 bits per heavy atom. The van der Waals surface area contributed by atoms with Crippen LogP contribution >= 0.6 is 0 Å². The predicted octanol–water partition coefficient (Wildman–Crippen LogP) is 3.51. The van der Waals surface area contributed by atoms with Crippen LogP contribution in [0.2, 0.25) is 0 Å². The molecule has 3 rings (SSSR count). The number of hydrogen-bond donors (Lipinski definition) is 0. The molecule has 2 unspecified atom stereocenters. The summed E-state index contributed by atoms with van der Waals surface area (Å²) in [4.78, 5) is 2.57. The summed E-state index contributed by atoms with van der Waals surface area (Å²) in [5, 5.41) is 0. The van der Waals surface area contributed by atoms with Crippen LogP contribution in [0.4, 0.5) is 4.39 Å². The average Bonchev–Trinajstić information content (AvgIpc) is 2.51. The van der Waals surface area contributed by atoms with E-state index in [4.69, 9.17) is 4.74 Å². The van der Waals surface area contributed by atoms with E-state index >= 15 is 0 Å². The first-order valence-electron chi connectivity index (χ1n) is 7.89. The molecule has 0 radical (unpaired) electrons. The van der Waals surface area contributed by atoms with E-state index < -0.39 is 0 Å². The number of unbranched alkanes of at least 4 members (excludes halogenated alkanes) is 2. The third kappa shape index (κ3) is 2.89. The molecule has 3 heteroatoms. The van der Waals surface area contributed by atoms with E-state index in [0.717, 1.165) is 39.0 Å². The number of ether oxygens (including phenoxy) is 1. The number of nitrogens with zero attached hydrogens (tertiary/aromatic N) is 1. The summed E-state index contributed by atoms with van der Waals surface area (Å²) in [5.41, 5.74) is 2.84. The molecule has 1 aromatic rings. The summed E-state index contributed by atoms with van der Waals surface area (Å²) in [7, 11) is 0. The van der Waals surface area contributed by atoms with Gasteiger partial charge in [0.05, 0.1) is 19.4 Å². The lowest BCUT2D eigenvalue weighted by Crippen LogP contribution is -2.49. The van der Waals surface area contributed by atoms with Gasteiger partial charge < -0.3 is 4.74 Å². The molecule has 1 aliphatic carbocycles. The van der Waals surface area contributed by atoms with E-state index in [1.54, 1.807) is 0 Å². The molecule has 0 N–H and O–H groups in total. The van der Waals surface area contributed by atoms with Crippen LogP contribution in [-0.2, 0) is 11.2 Å². The van der Waals surface area contributed by atoms with E-state index in [1.165, 1.54) is 17.5 Å². The van der Waals surface area contributed by atoms with Crippen molar-refractivity contribution in [2.45, 2.75) is 44.2 Å². The van der Waals surface area contributed by atoms with Crippen LogP contribution in [0.25, 0.3) is 0 Å². The number of hydrogen-bond acceptors (Lipinski definition) is 2. The number of rotatable bonds is 5. The average molecular weight is 277 g/mol. The van der Waals surface area contributed by atoms with Gasteiger partial charge in [-0.1, -0.05) is 24.3 Å². The molecular weight excluding hydrogens is 253 g/mol. The first kappa shape index (κ1) is 14.0. The van der Waals surface area contributed by atoms with Crippen LogP contribution in [0.5, 0.6) is 0 Å². The number of aryl methyl sites for hydroxylation is 1. The number of fused-ring (bicyclic) bond motifs is 3. The van der Waals surface area contributed by atoms with Gasteiger partial charge in [-0.05, 0) is 49.8 Å². The Hall–Kier alpha value is -0.930. The van der Waals surface area contributed by atoms with Gasteiger partial charge in [0, 0.05) is 12.6 Å². The van der Waals surface area contributed by atoms with Crippen LogP contribution in [0, 0.1) is 0 Å². The Bertz CT molecular complexity index is 437. The van der Waals surface area contributed by atoms with Crippen molar-refractivity contribution >= 4 is 0 Å². The molecule has 0 spiro atoms. The number of morpholine rings is 1. The molecule has 0 saturated carbocycles. The smallest absolute Gasteiger partial charge is 0.0983 e. The van der Waals surface area contributed by atoms with Crippen LogP contribution in [-0.4, -0.2) is 37.3 Å².